The molecule has 0 N–H and O–H groups in total. The van der Waals surface area contributed by atoms with Crippen LogP contribution in [0.1, 0.15) is 12.8 Å². The Hall–Kier alpha value is -0.0100. The van der Waals surface area contributed by atoms with Crippen molar-refractivity contribution in [1.82, 2.24) is 4.31 Å². The van der Waals surface area contributed by atoms with E-state index in [4.69, 9.17) is 10.7 Å². The molecule has 1 heterocycles. The van der Waals surface area contributed by atoms with E-state index in [-0.39, 0.29) is 19.4 Å². The van der Waals surface area contributed by atoms with Gasteiger partial charge >= 0.3 is 6.18 Å². The van der Waals surface area contributed by atoms with Crippen molar-refractivity contribution in [2.24, 2.45) is 5.92 Å². The summed E-state index contributed by atoms with van der Waals surface area (Å²) in [4.78, 5) is 0. The minimum Gasteiger partial charge on any atom is -0.195 e. The molecule has 3 nitrogen and oxygen atoms in total. The van der Waals surface area contributed by atoms with E-state index in [1.807, 2.05) is 0 Å². The highest BCUT2D eigenvalue weighted by atomic mass is 35.7. The second kappa shape index (κ2) is 3.86. The Morgan fingerprint density at radius 2 is 1.93 bits per heavy atom. The molecule has 0 amide bonds. The Bertz CT molecular complexity index is 303. The van der Waals surface area contributed by atoms with E-state index in [0.717, 1.165) is 0 Å². The largest absolute Gasteiger partial charge is 0.393 e. The molecule has 1 atom stereocenters. The lowest BCUT2D eigenvalue weighted by molar-refractivity contribution is -0.182. The van der Waals surface area contributed by atoms with E-state index in [0.29, 0.717) is 4.31 Å². The highest BCUT2D eigenvalue weighted by Crippen LogP contribution is 2.34. The number of halogens is 4. The fourth-order valence-electron chi connectivity index (χ4n) is 1.41. The van der Waals surface area contributed by atoms with Crippen molar-refractivity contribution in [3.63, 3.8) is 0 Å². The fraction of sp³-hybridized carbons (Fsp3) is 1.00. The van der Waals surface area contributed by atoms with E-state index >= 15 is 0 Å². The van der Waals surface area contributed by atoms with Gasteiger partial charge in [0.2, 0.25) is 0 Å². The first kappa shape index (κ1) is 12.1. The molecule has 1 saturated heterocycles. The zero-order valence-electron chi connectivity index (χ0n) is 7.09. The maximum Gasteiger partial charge on any atom is 0.393 e. The second-order valence-electron chi connectivity index (χ2n) is 3.18. The summed E-state index contributed by atoms with van der Waals surface area (Å²) in [5.41, 5.74) is 0. The van der Waals surface area contributed by atoms with Crippen molar-refractivity contribution in [3.8, 4) is 0 Å². The molecule has 0 aromatic heterocycles. The summed E-state index contributed by atoms with van der Waals surface area (Å²) in [6.07, 6.45) is -4.19. The SMILES string of the molecule is O=S(=O)(Cl)N1CCCC(C(F)(F)F)C1. The molecule has 1 rings (SSSR count). The van der Waals surface area contributed by atoms with Crippen LogP contribution in [0.3, 0.4) is 0 Å². The van der Waals surface area contributed by atoms with E-state index in [1.165, 1.54) is 0 Å². The summed E-state index contributed by atoms with van der Waals surface area (Å²) in [5.74, 6) is -1.59. The summed E-state index contributed by atoms with van der Waals surface area (Å²) in [7, 11) is 0.945. The van der Waals surface area contributed by atoms with E-state index in [2.05, 4.69) is 0 Å². The van der Waals surface area contributed by atoms with Gasteiger partial charge in [0.05, 0.1) is 5.92 Å². The van der Waals surface area contributed by atoms with E-state index in [9.17, 15) is 21.6 Å². The van der Waals surface area contributed by atoms with Crippen molar-refractivity contribution in [1.29, 1.82) is 0 Å². The van der Waals surface area contributed by atoms with Crippen LogP contribution in [0.15, 0.2) is 0 Å². The lowest BCUT2D eigenvalue weighted by Crippen LogP contribution is -2.42. The van der Waals surface area contributed by atoms with E-state index in [1.54, 1.807) is 0 Å². The Labute approximate surface area is 84.4 Å². The van der Waals surface area contributed by atoms with Gasteiger partial charge in [-0.2, -0.15) is 25.9 Å². The summed E-state index contributed by atoms with van der Waals surface area (Å²) < 4.78 is 58.9. The highest BCUT2D eigenvalue weighted by Gasteiger charge is 2.43. The topological polar surface area (TPSA) is 37.4 Å². The average molecular weight is 252 g/mol. The van der Waals surface area contributed by atoms with Gasteiger partial charge in [0.15, 0.2) is 0 Å². The third kappa shape index (κ3) is 2.99. The van der Waals surface area contributed by atoms with Crippen molar-refractivity contribution in [2.75, 3.05) is 13.1 Å². The van der Waals surface area contributed by atoms with Crippen LogP contribution in [-0.4, -0.2) is 32.0 Å². The lowest BCUT2D eigenvalue weighted by Gasteiger charge is -2.30. The first-order chi connectivity index (χ1) is 6.21. The molecular formula is C6H9ClF3NO2S. The van der Waals surface area contributed by atoms with Gasteiger partial charge in [0.25, 0.3) is 9.24 Å². The standard InChI is InChI=1S/C6H9ClF3NO2S/c7-14(12,13)11-3-1-2-5(4-11)6(8,9)10/h5H,1-4H2. The molecule has 8 heteroatoms. The van der Waals surface area contributed by atoms with Gasteiger partial charge in [0, 0.05) is 23.8 Å². The number of nitrogens with zero attached hydrogens (tertiary/aromatic N) is 1. The van der Waals surface area contributed by atoms with Gasteiger partial charge in [0.1, 0.15) is 0 Å². The third-order valence-electron chi connectivity index (χ3n) is 2.16. The van der Waals surface area contributed by atoms with Crippen LogP contribution >= 0.6 is 10.7 Å². The molecular weight excluding hydrogens is 243 g/mol. The average Bonchev–Trinajstić information content (AvgIpc) is 2.01. The Kier molecular flexibility index (Phi) is 3.33. The molecule has 1 fully saturated rings. The van der Waals surface area contributed by atoms with Gasteiger partial charge in [-0.25, -0.2) is 0 Å². The molecule has 0 bridgehead atoms. The second-order valence-corrected chi connectivity index (χ2v) is 5.69. The predicted octanol–water partition coefficient (Wildman–Crippen LogP) is 1.74. The molecule has 0 aliphatic carbocycles. The van der Waals surface area contributed by atoms with Gasteiger partial charge in [-0.15, -0.1) is 0 Å². The minimum absolute atomic E-state index is 0.0353. The van der Waals surface area contributed by atoms with Crippen LogP contribution in [0, 0.1) is 5.92 Å². The molecule has 0 spiro atoms. The number of alkyl halides is 3. The smallest absolute Gasteiger partial charge is 0.195 e. The van der Waals surface area contributed by atoms with Crippen molar-refractivity contribution in [2.45, 2.75) is 19.0 Å². The quantitative estimate of drug-likeness (QED) is 0.666. The molecule has 0 aromatic rings. The van der Waals surface area contributed by atoms with Crippen LogP contribution in [0.2, 0.25) is 0 Å². The van der Waals surface area contributed by atoms with Gasteiger partial charge in [-0.05, 0) is 12.8 Å². The molecule has 0 radical (unpaired) electrons. The normalized spacial score (nSPS) is 26.4. The van der Waals surface area contributed by atoms with E-state index < -0.39 is 27.9 Å². The maximum atomic E-state index is 12.2. The Morgan fingerprint density at radius 3 is 2.36 bits per heavy atom. The zero-order chi connectivity index (χ0) is 11.0. The van der Waals surface area contributed by atoms with Crippen LogP contribution in [0.25, 0.3) is 0 Å². The third-order valence-corrected chi connectivity index (χ3v) is 3.69. The van der Waals surface area contributed by atoms with Crippen LogP contribution in [0.5, 0.6) is 0 Å². The first-order valence-electron chi connectivity index (χ1n) is 3.97. The molecule has 1 aliphatic rings. The minimum atomic E-state index is -4.35. The molecule has 84 valence electrons. The van der Waals surface area contributed by atoms with Crippen LogP contribution in [-0.2, 0) is 9.24 Å². The van der Waals surface area contributed by atoms with Crippen molar-refractivity contribution in [3.05, 3.63) is 0 Å². The first-order valence-corrected chi connectivity index (χ1v) is 6.24. The Morgan fingerprint density at radius 1 is 1.36 bits per heavy atom. The molecule has 1 aliphatic heterocycles. The van der Waals surface area contributed by atoms with Crippen molar-refractivity contribution < 1.29 is 21.6 Å². The fourth-order valence-corrected chi connectivity index (χ4v) is 2.49. The van der Waals surface area contributed by atoms with Crippen LogP contribution in [0.4, 0.5) is 13.2 Å². The highest BCUT2D eigenvalue weighted by molar-refractivity contribution is 8.11. The number of rotatable bonds is 1. The molecule has 0 aromatic carbocycles. The summed E-state index contributed by atoms with van der Waals surface area (Å²) >= 11 is 0. The van der Waals surface area contributed by atoms with Crippen molar-refractivity contribution >= 4 is 19.9 Å². The number of hydrogen-bond acceptors (Lipinski definition) is 2. The molecule has 14 heavy (non-hydrogen) atoms. The zero-order valence-corrected chi connectivity index (χ0v) is 8.66. The summed E-state index contributed by atoms with van der Waals surface area (Å²) in [6, 6.07) is 0. The molecule has 1 unspecified atom stereocenters. The number of piperidine rings is 1. The van der Waals surface area contributed by atoms with Gasteiger partial charge in [-0.3, -0.25) is 0 Å². The van der Waals surface area contributed by atoms with Gasteiger partial charge < -0.3 is 0 Å². The Balaban J connectivity index is 2.71. The predicted molar refractivity (Wildman–Crippen MR) is 45.1 cm³/mol. The summed E-state index contributed by atoms with van der Waals surface area (Å²) in [5, 5.41) is 0. The van der Waals surface area contributed by atoms with Gasteiger partial charge in [-0.1, -0.05) is 0 Å². The van der Waals surface area contributed by atoms with Crippen LogP contribution < -0.4 is 0 Å². The maximum absolute atomic E-state index is 12.2. The summed E-state index contributed by atoms with van der Waals surface area (Å²) in [6.45, 7) is -0.492. The molecule has 0 saturated carbocycles. The monoisotopic (exact) mass is 251 g/mol. The lowest BCUT2D eigenvalue weighted by atomic mass is 9.99. The number of hydrogen-bond donors (Lipinski definition) is 0.